The number of halogens is 2. The number of nitrogens with two attached hydrogens (primary N) is 1. The molecule has 27 heavy (non-hydrogen) atoms. The summed E-state index contributed by atoms with van der Waals surface area (Å²) in [5.41, 5.74) is 6.18. The first-order valence-electron chi connectivity index (χ1n) is 8.91. The molecule has 1 rings (SSSR count). The number of amides is 1. The summed E-state index contributed by atoms with van der Waals surface area (Å²) in [6.07, 6.45) is 0.417. The van der Waals surface area contributed by atoms with E-state index in [1.165, 1.54) is 0 Å². The van der Waals surface area contributed by atoms with Gasteiger partial charge in [0.2, 0.25) is 0 Å². The summed E-state index contributed by atoms with van der Waals surface area (Å²) in [6, 6.07) is 5.24. The molecular weight excluding hydrogens is 405 g/mol. The van der Waals surface area contributed by atoms with Gasteiger partial charge in [0.25, 0.3) is 0 Å². The van der Waals surface area contributed by atoms with Crippen LogP contribution in [0.5, 0.6) is 0 Å². The second kappa shape index (κ2) is 10.3. The summed E-state index contributed by atoms with van der Waals surface area (Å²) >= 11 is 17.6. The lowest BCUT2D eigenvalue weighted by Crippen LogP contribution is -2.50. The highest BCUT2D eigenvalue weighted by Crippen LogP contribution is 2.26. The van der Waals surface area contributed by atoms with E-state index in [2.05, 4.69) is 19.2 Å². The molecule has 1 aromatic carbocycles. The molecule has 1 amide bonds. The SMILES string of the molecule is CC[C@H](C)[C@@H](CN(Cc1cccc(Cl)c1Cl)C(N)=S)NC(=O)OC(C)(C)C. The predicted molar refractivity (Wildman–Crippen MR) is 116 cm³/mol. The van der Waals surface area contributed by atoms with Gasteiger partial charge in [0.05, 0.1) is 16.1 Å². The highest BCUT2D eigenvalue weighted by atomic mass is 35.5. The van der Waals surface area contributed by atoms with E-state index < -0.39 is 11.7 Å². The smallest absolute Gasteiger partial charge is 0.407 e. The van der Waals surface area contributed by atoms with Crippen LogP contribution in [0.2, 0.25) is 10.0 Å². The second-order valence-corrected chi connectivity index (χ2v) is 8.77. The fraction of sp³-hybridized carbons (Fsp3) is 0.579. The predicted octanol–water partition coefficient (Wildman–Crippen LogP) is 4.98. The van der Waals surface area contributed by atoms with E-state index in [1.54, 1.807) is 11.0 Å². The van der Waals surface area contributed by atoms with Crippen LogP contribution in [0.3, 0.4) is 0 Å². The maximum Gasteiger partial charge on any atom is 0.407 e. The Labute approximate surface area is 177 Å². The van der Waals surface area contributed by atoms with Crippen LogP contribution in [0.1, 0.15) is 46.6 Å². The highest BCUT2D eigenvalue weighted by Gasteiger charge is 2.25. The molecule has 0 heterocycles. The molecule has 0 fully saturated rings. The van der Waals surface area contributed by atoms with Crippen LogP contribution in [0.15, 0.2) is 18.2 Å². The van der Waals surface area contributed by atoms with Crippen molar-refractivity contribution >= 4 is 46.6 Å². The van der Waals surface area contributed by atoms with Gasteiger partial charge in [0, 0.05) is 13.1 Å². The molecule has 0 bridgehead atoms. The highest BCUT2D eigenvalue weighted by molar-refractivity contribution is 7.80. The van der Waals surface area contributed by atoms with Crippen molar-refractivity contribution in [1.82, 2.24) is 10.2 Å². The van der Waals surface area contributed by atoms with Gasteiger partial charge >= 0.3 is 6.09 Å². The number of nitrogens with one attached hydrogen (secondary N) is 1. The van der Waals surface area contributed by atoms with Gasteiger partial charge in [0.15, 0.2) is 5.11 Å². The number of thiocarbonyl (C=S) groups is 1. The lowest BCUT2D eigenvalue weighted by Gasteiger charge is -2.32. The zero-order chi connectivity index (χ0) is 20.8. The molecule has 0 saturated heterocycles. The largest absolute Gasteiger partial charge is 0.444 e. The van der Waals surface area contributed by atoms with Crippen molar-refractivity contribution < 1.29 is 9.53 Å². The van der Waals surface area contributed by atoms with Crippen LogP contribution in [-0.4, -0.2) is 34.3 Å². The Hall–Kier alpha value is -1.24. The average Bonchev–Trinajstić information content (AvgIpc) is 2.54. The van der Waals surface area contributed by atoms with Crippen molar-refractivity contribution in [1.29, 1.82) is 0 Å². The molecule has 0 spiro atoms. The van der Waals surface area contributed by atoms with Crippen LogP contribution in [-0.2, 0) is 11.3 Å². The Morgan fingerprint density at radius 1 is 1.37 bits per heavy atom. The number of carbonyl (C=O) groups excluding carboxylic acids is 1. The fourth-order valence-electron chi connectivity index (χ4n) is 2.46. The number of hydrogen-bond acceptors (Lipinski definition) is 3. The summed E-state index contributed by atoms with van der Waals surface area (Å²) in [6.45, 7) is 10.4. The minimum absolute atomic E-state index is 0.190. The Bertz CT molecular complexity index is 665. The van der Waals surface area contributed by atoms with E-state index >= 15 is 0 Å². The Kier molecular flexibility index (Phi) is 9.12. The lowest BCUT2D eigenvalue weighted by atomic mass is 9.98. The van der Waals surface area contributed by atoms with Crippen LogP contribution in [0.25, 0.3) is 0 Å². The van der Waals surface area contributed by atoms with E-state index in [9.17, 15) is 4.79 Å². The molecule has 152 valence electrons. The minimum atomic E-state index is -0.568. The Morgan fingerprint density at radius 3 is 2.52 bits per heavy atom. The first-order chi connectivity index (χ1) is 12.4. The maximum atomic E-state index is 12.2. The number of benzene rings is 1. The maximum absolute atomic E-state index is 12.2. The Balaban J connectivity index is 2.95. The molecule has 8 heteroatoms. The number of alkyl carbamates (subject to hydrolysis) is 1. The van der Waals surface area contributed by atoms with Gasteiger partial charge in [-0.3, -0.25) is 0 Å². The Morgan fingerprint density at radius 2 is 2.00 bits per heavy atom. The standard InChI is InChI=1S/C19H29Cl2N3O2S/c1-6-12(2)15(23-18(25)26-19(3,4)5)11-24(17(22)27)10-13-8-7-9-14(20)16(13)21/h7-9,12,15H,6,10-11H2,1-5H3,(H2,22,27)(H,23,25)/t12-,15+/m0/s1. The molecule has 3 N–H and O–H groups in total. The number of ether oxygens (including phenoxy) is 1. The molecule has 0 aliphatic heterocycles. The zero-order valence-corrected chi connectivity index (χ0v) is 18.8. The molecule has 0 aliphatic carbocycles. The molecule has 0 aliphatic rings. The fourth-order valence-corrected chi connectivity index (χ4v) is 2.98. The molecule has 0 saturated carbocycles. The van der Waals surface area contributed by atoms with Gasteiger partial charge in [-0.15, -0.1) is 0 Å². The zero-order valence-electron chi connectivity index (χ0n) is 16.5. The van der Waals surface area contributed by atoms with Gasteiger partial charge in [0.1, 0.15) is 5.60 Å². The van der Waals surface area contributed by atoms with Crippen molar-refractivity contribution in [2.45, 2.75) is 59.2 Å². The summed E-state index contributed by atoms with van der Waals surface area (Å²) < 4.78 is 5.39. The first-order valence-corrected chi connectivity index (χ1v) is 10.1. The van der Waals surface area contributed by atoms with Crippen molar-refractivity contribution in [2.75, 3.05) is 6.54 Å². The van der Waals surface area contributed by atoms with Crippen molar-refractivity contribution in [3.05, 3.63) is 33.8 Å². The molecule has 5 nitrogen and oxygen atoms in total. The minimum Gasteiger partial charge on any atom is -0.444 e. The number of carbonyl (C=O) groups is 1. The topological polar surface area (TPSA) is 67.6 Å². The van der Waals surface area contributed by atoms with Crippen LogP contribution in [0, 0.1) is 5.92 Å². The molecule has 0 aromatic heterocycles. The van der Waals surface area contributed by atoms with Gasteiger partial charge in [-0.25, -0.2) is 4.79 Å². The van der Waals surface area contributed by atoms with Crippen LogP contribution >= 0.6 is 35.4 Å². The van der Waals surface area contributed by atoms with Gasteiger partial charge in [-0.1, -0.05) is 55.6 Å². The number of hydrogen-bond donors (Lipinski definition) is 2. The molecule has 0 radical (unpaired) electrons. The molecule has 0 unspecified atom stereocenters. The van der Waals surface area contributed by atoms with E-state index in [0.29, 0.717) is 23.1 Å². The van der Waals surface area contributed by atoms with E-state index in [-0.39, 0.29) is 17.1 Å². The van der Waals surface area contributed by atoms with Gasteiger partial charge < -0.3 is 20.7 Å². The average molecular weight is 434 g/mol. The summed E-state index contributed by atoms with van der Waals surface area (Å²) in [4.78, 5) is 14.1. The van der Waals surface area contributed by atoms with Gasteiger partial charge in [-0.2, -0.15) is 0 Å². The van der Waals surface area contributed by atoms with E-state index in [4.69, 9.17) is 45.9 Å². The van der Waals surface area contributed by atoms with Crippen molar-refractivity contribution in [3.8, 4) is 0 Å². The van der Waals surface area contributed by atoms with Crippen molar-refractivity contribution in [3.63, 3.8) is 0 Å². The second-order valence-electron chi connectivity index (χ2n) is 7.57. The van der Waals surface area contributed by atoms with E-state index in [0.717, 1.165) is 12.0 Å². The normalized spacial score (nSPS) is 13.6. The first kappa shape index (κ1) is 23.8. The molecule has 1 aromatic rings. The third kappa shape index (κ3) is 8.11. The molecular formula is C19H29Cl2N3O2S. The molecule has 2 atom stereocenters. The number of nitrogens with zero attached hydrogens (tertiary/aromatic N) is 1. The lowest BCUT2D eigenvalue weighted by molar-refractivity contribution is 0.0478. The quantitative estimate of drug-likeness (QED) is 0.593. The number of rotatable bonds is 7. The summed E-state index contributed by atoms with van der Waals surface area (Å²) in [5, 5.41) is 4.12. The van der Waals surface area contributed by atoms with Crippen LogP contribution in [0.4, 0.5) is 4.79 Å². The third-order valence-corrected chi connectivity index (χ3v) is 5.27. The van der Waals surface area contributed by atoms with Crippen LogP contribution < -0.4 is 11.1 Å². The van der Waals surface area contributed by atoms with E-state index in [1.807, 2.05) is 32.9 Å². The van der Waals surface area contributed by atoms with Gasteiger partial charge in [-0.05, 0) is 50.5 Å². The third-order valence-electron chi connectivity index (χ3n) is 4.15. The summed E-state index contributed by atoms with van der Waals surface area (Å²) in [7, 11) is 0. The van der Waals surface area contributed by atoms with Crippen molar-refractivity contribution in [2.24, 2.45) is 11.7 Å². The monoisotopic (exact) mass is 433 g/mol. The summed E-state index contributed by atoms with van der Waals surface area (Å²) in [5.74, 6) is 0.198.